The highest BCUT2D eigenvalue weighted by Gasteiger charge is 2.11. The first kappa shape index (κ1) is 8.92. The monoisotopic (exact) mass is 130 g/mol. The van der Waals surface area contributed by atoms with Crippen molar-refractivity contribution in [3.05, 3.63) is 0 Å². The molecule has 0 saturated heterocycles. The van der Waals surface area contributed by atoms with Crippen LogP contribution in [0.5, 0.6) is 0 Å². The van der Waals surface area contributed by atoms with Gasteiger partial charge in [0.05, 0.1) is 0 Å². The molecule has 0 unspecified atom stereocenters. The summed E-state index contributed by atoms with van der Waals surface area (Å²) in [5.41, 5.74) is 6.53. The Morgan fingerprint density at radius 2 is 1.78 bits per heavy atom. The van der Waals surface area contributed by atoms with Crippen LogP contribution in [0.4, 0.5) is 0 Å². The Morgan fingerprint density at radius 1 is 1.22 bits per heavy atom. The Bertz CT molecular complexity index is 69.3. The maximum Gasteiger partial charge on any atom is 0.0264 e. The van der Waals surface area contributed by atoms with E-state index in [0.29, 0.717) is 0 Å². The average molecular weight is 130 g/mol. The molecule has 0 spiro atoms. The van der Waals surface area contributed by atoms with Crippen LogP contribution in [0.3, 0.4) is 0 Å². The Labute approximate surface area is 58.0 Å². The highest BCUT2D eigenvalue weighted by Crippen LogP contribution is 2.03. The van der Waals surface area contributed by atoms with Gasteiger partial charge in [0.25, 0.3) is 0 Å². The summed E-state index contributed by atoms with van der Waals surface area (Å²) in [6.07, 6.45) is 1.14. The van der Waals surface area contributed by atoms with Gasteiger partial charge in [-0.05, 0) is 20.3 Å². The highest BCUT2D eigenvalue weighted by atomic mass is 15.4. The summed E-state index contributed by atoms with van der Waals surface area (Å²) in [5.74, 6) is 0. The Hall–Kier alpha value is -0.0800. The summed E-state index contributed by atoms with van der Waals surface area (Å²) in [7, 11) is 0. The summed E-state index contributed by atoms with van der Waals surface area (Å²) in [6.45, 7) is 9.58. The van der Waals surface area contributed by atoms with Crippen LogP contribution in [-0.2, 0) is 0 Å². The SMILES string of the molecule is CCNNC(C)(C)CC. The molecule has 0 aromatic carbocycles. The Morgan fingerprint density at radius 3 is 2.11 bits per heavy atom. The summed E-state index contributed by atoms with van der Waals surface area (Å²) >= 11 is 0. The fraction of sp³-hybridized carbons (Fsp3) is 1.00. The predicted octanol–water partition coefficient (Wildman–Crippen LogP) is 1.29. The predicted molar refractivity (Wildman–Crippen MR) is 41.2 cm³/mol. The van der Waals surface area contributed by atoms with Gasteiger partial charge in [-0.15, -0.1) is 0 Å². The second-order valence-corrected chi connectivity index (χ2v) is 2.89. The van der Waals surface area contributed by atoms with E-state index in [1.54, 1.807) is 0 Å². The molecule has 2 N–H and O–H groups in total. The van der Waals surface area contributed by atoms with Gasteiger partial charge in [-0.1, -0.05) is 13.8 Å². The van der Waals surface area contributed by atoms with E-state index in [-0.39, 0.29) is 5.54 Å². The minimum atomic E-state index is 0.232. The largest absolute Gasteiger partial charge is 0.258 e. The van der Waals surface area contributed by atoms with Gasteiger partial charge in [-0.2, -0.15) is 0 Å². The van der Waals surface area contributed by atoms with E-state index >= 15 is 0 Å². The number of nitrogens with one attached hydrogen (secondary N) is 2. The number of hydrogen-bond acceptors (Lipinski definition) is 2. The van der Waals surface area contributed by atoms with Gasteiger partial charge < -0.3 is 0 Å². The van der Waals surface area contributed by atoms with Gasteiger partial charge in [0.1, 0.15) is 0 Å². The lowest BCUT2D eigenvalue weighted by molar-refractivity contribution is 0.326. The average Bonchev–Trinajstić information content (AvgIpc) is 1.84. The molecule has 0 aliphatic heterocycles. The summed E-state index contributed by atoms with van der Waals surface area (Å²) in [4.78, 5) is 0. The number of hydrogen-bond donors (Lipinski definition) is 2. The Kier molecular flexibility index (Phi) is 3.82. The van der Waals surface area contributed by atoms with Crippen LogP contribution in [0.25, 0.3) is 0 Å². The van der Waals surface area contributed by atoms with Crippen molar-refractivity contribution in [1.82, 2.24) is 10.9 Å². The van der Waals surface area contributed by atoms with E-state index in [4.69, 9.17) is 0 Å². The molecule has 2 nitrogen and oxygen atoms in total. The molecule has 0 aliphatic rings. The second-order valence-electron chi connectivity index (χ2n) is 2.89. The lowest BCUT2D eigenvalue weighted by Crippen LogP contribution is -2.47. The van der Waals surface area contributed by atoms with Gasteiger partial charge in [0, 0.05) is 12.1 Å². The summed E-state index contributed by atoms with van der Waals surface area (Å²) in [6, 6.07) is 0. The lowest BCUT2D eigenvalue weighted by Gasteiger charge is -2.24. The zero-order valence-corrected chi connectivity index (χ0v) is 6.91. The zero-order chi connectivity index (χ0) is 7.33. The van der Waals surface area contributed by atoms with Crippen molar-refractivity contribution in [3.63, 3.8) is 0 Å². The number of rotatable bonds is 4. The van der Waals surface area contributed by atoms with Crippen LogP contribution in [0.2, 0.25) is 0 Å². The molecule has 0 atom stereocenters. The molecule has 0 aliphatic carbocycles. The van der Waals surface area contributed by atoms with E-state index < -0.39 is 0 Å². The van der Waals surface area contributed by atoms with Crippen molar-refractivity contribution in [2.75, 3.05) is 6.54 Å². The molecule has 9 heavy (non-hydrogen) atoms. The van der Waals surface area contributed by atoms with E-state index in [1.165, 1.54) is 0 Å². The highest BCUT2D eigenvalue weighted by molar-refractivity contribution is 4.71. The van der Waals surface area contributed by atoms with Crippen molar-refractivity contribution < 1.29 is 0 Å². The van der Waals surface area contributed by atoms with Crippen LogP contribution in [0.15, 0.2) is 0 Å². The van der Waals surface area contributed by atoms with Gasteiger partial charge >= 0.3 is 0 Å². The third-order valence-corrected chi connectivity index (χ3v) is 1.49. The quantitative estimate of drug-likeness (QED) is 0.560. The topological polar surface area (TPSA) is 24.1 Å². The van der Waals surface area contributed by atoms with Crippen LogP contribution in [0.1, 0.15) is 34.1 Å². The lowest BCUT2D eigenvalue weighted by atomic mass is 10.0. The molecule has 0 aromatic rings. The second kappa shape index (κ2) is 3.85. The molecule has 0 saturated carbocycles. The standard InChI is InChI=1S/C7H18N2/c1-5-7(3,4)9-8-6-2/h8-9H,5-6H2,1-4H3. The van der Waals surface area contributed by atoms with Crippen molar-refractivity contribution in [3.8, 4) is 0 Å². The molecular formula is C7H18N2. The summed E-state index contributed by atoms with van der Waals surface area (Å²) in [5, 5.41) is 0. The first-order valence-electron chi connectivity index (χ1n) is 3.62. The van der Waals surface area contributed by atoms with Crippen LogP contribution >= 0.6 is 0 Å². The smallest absolute Gasteiger partial charge is 0.0264 e. The van der Waals surface area contributed by atoms with Crippen molar-refractivity contribution >= 4 is 0 Å². The minimum Gasteiger partial charge on any atom is -0.258 e. The van der Waals surface area contributed by atoms with Gasteiger partial charge in [-0.3, -0.25) is 10.9 Å². The molecule has 2 heteroatoms. The molecule has 0 amide bonds. The van der Waals surface area contributed by atoms with Crippen molar-refractivity contribution in [1.29, 1.82) is 0 Å². The van der Waals surface area contributed by atoms with Crippen molar-refractivity contribution in [2.45, 2.75) is 39.7 Å². The van der Waals surface area contributed by atoms with Crippen LogP contribution in [0, 0.1) is 0 Å². The molecule has 0 rings (SSSR count). The molecule has 0 fully saturated rings. The van der Waals surface area contributed by atoms with Crippen LogP contribution < -0.4 is 10.9 Å². The maximum absolute atomic E-state index is 3.21. The normalized spacial score (nSPS) is 12.0. The fourth-order valence-corrected chi connectivity index (χ4v) is 0.416. The van der Waals surface area contributed by atoms with E-state index in [2.05, 4.69) is 38.5 Å². The van der Waals surface area contributed by atoms with Crippen LogP contribution in [-0.4, -0.2) is 12.1 Å². The van der Waals surface area contributed by atoms with E-state index in [0.717, 1.165) is 13.0 Å². The van der Waals surface area contributed by atoms with Gasteiger partial charge in [-0.25, -0.2) is 0 Å². The molecule has 0 aromatic heterocycles. The molecule has 0 heterocycles. The first-order valence-corrected chi connectivity index (χ1v) is 3.62. The molecule has 0 radical (unpaired) electrons. The molecule has 56 valence electrons. The summed E-state index contributed by atoms with van der Waals surface area (Å²) < 4.78 is 0. The number of hydrazine groups is 1. The molecular weight excluding hydrogens is 112 g/mol. The third-order valence-electron chi connectivity index (χ3n) is 1.49. The third kappa shape index (κ3) is 4.43. The van der Waals surface area contributed by atoms with Crippen molar-refractivity contribution in [2.24, 2.45) is 0 Å². The van der Waals surface area contributed by atoms with E-state index in [1.807, 2.05) is 0 Å². The zero-order valence-electron chi connectivity index (χ0n) is 6.91. The van der Waals surface area contributed by atoms with Gasteiger partial charge in [0.15, 0.2) is 0 Å². The van der Waals surface area contributed by atoms with Gasteiger partial charge in [0.2, 0.25) is 0 Å². The minimum absolute atomic E-state index is 0.232. The molecule has 0 bridgehead atoms. The van der Waals surface area contributed by atoms with E-state index in [9.17, 15) is 0 Å². The first-order chi connectivity index (χ1) is 4.12. The maximum atomic E-state index is 3.21. The Balaban J connectivity index is 3.33. The fourth-order valence-electron chi connectivity index (χ4n) is 0.416.